The van der Waals surface area contributed by atoms with Crippen molar-refractivity contribution < 1.29 is 0 Å². The van der Waals surface area contributed by atoms with Crippen LogP contribution >= 0.6 is 0 Å². The van der Waals surface area contributed by atoms with Gasteiger partial charge in [-0.05, 0) is 25.3 Å². The van der Waals surface area contributed by atoms with Gasteiger partial charge in [-0.3, -0.25) is 4.99 Å². The van der Waals surface area contributed by atoms with Crippen molar-refractivity contribution in [2.24, 2.45) is 4.99 Å². The van der Waals surface area contributed by atoms with Crippen molar-refractivity contribution in [3.63, 3.8) is 0 Å². The number of hydrogen-bond donors (Lipinski definition) is 0. The van der Waals surface area contributed by atoms with Gasteiger partial charge in [-0.2, -0.15) is 0 Å². The molecule has 0 unspecified atom stereocenters. The van der Waals surface area contributed by atoms with E-state index in [-0.39, 0.29) is 0 Å². The molecule has 0 saturated heterocycles. The summed E-state index contributed by atoms with van der Waals surface area (Å²) in [6.07, 6.45) is 6.08. The van der Waals surface area contributed by atoms with E-state index in [0.29, 0.717) is 0 Å². The molecule has 1 aliphatic heterocycles. The first-order valence-corrected chi connectivity index (χ1v) is 2.91. The topological polar surface area (TPSA) is 12.4 Å². The summed E-state index contributed by atoms with van der Waals surface area (Å²) < 4.78 is 0. The molecule has 8 heavy (non-hydrogen) atoms. The zero-order valence-electron chi connectivity index (χ0n) is 4.93. The first-order chi connectivity index (χ1) is 3.93. The highest BCUT2D eigenvalue weighted by Crippen LogP contribution is 2.02. The summed E-state index contributed by atoms with van der Waals surface area (Å²) in [5.74, 6) is 0. The van der Waals surface area contributed by atoms with E-state index >= 15 is 0 Å². The third kappa shape index (κ3) is 1.19. The first-order valence-electron chi connectivity index (χ1n) is 2.91. The van der Waals surface area contributed by atoms with Crippen molar-refractivity contribution >= 4 is 6.21 Å². The maximum absolute atomic E-state index is 4.10. The lowest BCUT2D eigenvalue weighted by Crippen LogP contribution is -1.92. The Morgan fingerprint density at radius 1 is 1.75 bits per heavy atom. The quantitative estimate of drug-likeness (QED) is 0.484. The van der Waals surface area contributed by atoms with Gasteiger partial charge in [0.05, 0.1) is 0 Å². The van der Waals surface area contributed by atoms with E-state index in [0.717, 1.165) is 19.4 Å². The van der Waals surface area contributed by atoms with Crippen LogP contribution in [-0.4, -0.2) is 12.8 Å². The van der Waals surface area contributed by atoms with Gasteiger partial charge in [0.2, 0.25) is 0 Å². The fourth-order valence-corrected chi connectivity index (χ4v) is 0.726. The number of dihydropyridines is 1. The molecule has 1 aliphatic rings. The molecule has 1 rings (SSSR count). The molecule has 0 amide bonds. The summed E-state index contributed by atoms with van der Waals surface area (Å²) in [7, 11) is 0. The molecule has 0 aromatic heterocycles. The number of aliphatic imine (C=N–C) groups is 1. The third-order valence-electron chi connectivity index (χ3n) is 1.21. The molecule has 1 nitrogen and oxygen atoms in total. The molecule has 0 saturated carbocycles. The predicted molar refractivity (Wildman–Crippen MR) is 36.0 cm³/mol. The second kappa shape index (κ2) is 2.65. The van der Waals surface area contributed by atoms with Crippen LogP contribution in [0.15, 0.2) is 16.6 Å². The minimum Gasteiger partial charge on any atom is -0.293 e. The molecule has 1 radical (unpaired) electrons. The Balaban J connectivity index is 2.51. The summed E-state index contributed by atoms with van der Waals surface area (Å²) in [6.45, 7) is 4.71. The Kier molecular flexibility index (Phi) is 1.84. The standard InChI is InChI=1S/C7H10N/c1-2-7-4-3-5-8-6-7/h4,6H,1-3,5H2. The third-order valence-corrected chi connectivity index (χ3v) is 1.21. The number of nitrogens with zero attached hydrogens (tertiary/aromatic N) is 1. The average Bonchev–Trinajstić information content (AvgIpc) is 1.90. The summed E-state index contributed by atoms with van der Waals surface area (Å²) >= 11 is 0. The van der Waals surface area contributed by atoms with E-state index in [1.807, 2.05) is 6.21 Å². The smallest absolute Gasteiger partial charge is 0.0424 e. The second-order valence-corrected chi connectivity index (χ2v) is 1.85. The van der Waals surface area contributed by atoms with Crippen molar-refractivity contribution in [3.05, 3.63) is 18.6 Å². The Bertz CT molecular complexity index is 122. The van der Waals surface area contributed by atoms with Gasteiger partial charge < -0.3 is 0 Å². The van der Waals surface area contributed by atoms with Crippen LogP contribution in [0.25, 0.3) is 0 Å². The molecular formula is C7H10N. The van der Waals surface area contributed by atoms with E-state index < -0.39 is 0 Å². The molecule has 0 N–H and O–H groups in total. The van der Waals surface area contributed by atoms with Gasteiger partial charge in [-0.25, -0.2) is 0 Å². The summed E-state index contributed by atoms with van der Waals surface area (Å²) in [5.41, 5.74) is 1.27. The maximum Gasteiger partial charge on any atom is 0.0424 e. The van der Waals surface area contributed by atoms with Crippen LogP contribution in [0.1, 0.15) is 12.8 Å². The summed E-state index contributed by atoms with van der Waals surface area (Å²) in [4.78, 5) is 4.10. The van der Waals surface area contributed by atoms with Gasteiger partial charge in [0.25, 0.3) is 0 Å². The lowest BCUT2D eigenvalue weighted by atomic mass is 10.1. The lowest BCUT2D eigenvalue weighted by Gasteiger charge is -2.00. The normalized spacial score (nSPS) is 18.4. The van der Waals surface area contributed by atoms with E-state index in [1.165, 1.54) is 5.57 Å². The van der Waals surface area contributed by atoms with E-state index in [1.54, 1.807) is 0 Å². The predicted octanol–water partition coefficient (Wildman–Crippen LogP) is 1.61. The highest BCUT2D eigenvalue weighted by molar-refractivity contribution is 5.79. The monoisotopic (exact) mass is 108 g/mol. The molecule has 1 heteroatoms. The van der Waals surface area contributed by atoms with Crippen LogP contribution in [0.3, 0.4) is 0 Å². The largest absolute Gasteiger partial charge is 0.293 e. The van der Waals surface area contributed by atoms with Gasteiger partial charge >= 0.3 is 0 Å². The highest BCUT2D eigenvalue weighted by atomic mass is 14.7. The zero-order valence-corrected chi connectivity index (χ0v) is 4.93. The molecule has 0 atom stereocenters. The van der Waals surface area contributed by atoms with Crippen LogP contribution in [0.2, 0.25) is 0 Å². The number of allylic oxidation sites excluding steroid dienone is 1. The van der Waals surface area contributed by atoms with Gasteiger partial charge in [-0.1, -0.05) is 6.08 Å². The van der Waals surface area contributed by atoms with E-state index in [4.69, 9.17) is 0 Å². The van der Waals surface area contributed by atoms with Crippen LogP contribution in [0.4, 0.5) is 0 Å². The molecular weight excluding hydrogens is 98.1 g/mol. The highest BCUT2D eigenvalue weighted by Gasteiger charge is 1.92. The molecule has 0 fully saturated rings. The molecule has 0 aliphatic carbocycles. The van der Waals surface area contributed by atoms with E-state index in [2.05, 4.69) is 18.0 Å². The van der Waals surface area contributed by atoms with Crippen molar-refractivity contribution in [1.29, 1.82) is 0 Å². The minimum atomic E-state index is 0.878. The summed E-state index contributed by atoms with van der Waals surface area (Å²) in [6, 6.07) is 0. The Morgan fingerprint density at radius 2 is 2.62 bits per heavy atom. The van der Waals surface area contributed by atoms with E-state index in [9.17, 15) is 0 Å². The van der Waals surface area contributed by atoms with Crippen molar-refractivity contribution in [1.82, 2.24) is 0 Å². The summed E-state index contributed by atoms with van der Waals surface area (Å²) in [5, 5.41) is 0. The van der Waals surface area contributed by atoms with Crippen LogP contribution in [0.5, 0.6) is 0 Å². The van der Waals surface area contributed by atoms with Gasteiger partial charge in [0.15, 0.2) is 0 Å². The zero-order chi connectivity index (χ0) is 5.82. The Morgan fingerprint density at radius 3 is 3.00 bits per heavy atom. The molecule has 0 bridgehead atoms. The van der Waals surface area contributed by atoms with Crippen molar-refractivity contribution in [2.45, 2.75) is 12.8 Å². The van der Waals surface area contributed by atoms with Crippen molar-refractivity contribution in [3.8, 4) is 0 Å². The van der Waals surface area contributed by atoms with Gasteiger partial charge in [-0.15, -0.1) is 0 Å². The molecule has 1 heterocycles. The Hall–Kier alpha value is -0.590. The van der Waals surface area contributed by atoms with Crippen molar-refractivity contribution in [2.75, 3.05) is 6.54 Å². The Labute approximate surface area is 50.1 Å². The molecule has 43 valence electrons. The number of rotatable bonds is 1. The molecule has 0 aromatic carbocycles. The van der Waals surface area contributed by atoms with Crippen LogP contribution in [-0.2, 0) is 0 Å². The fourth-order valence-electron chi connectivity index (χ4n) is 0.726. The molecule has 0 aromatic rings. The second-order valence-electron chi connectivity index (χ2n) is 1.85. The SMILES string of the molecule is [CH2]CC1=CCCN=C1. The molecule has 0 spiro atoms. The lowest BCUT2D eigenvalue weighted by molar-refractivity contribution is 0.980. The fraction of sp³-hybridized carbons (Fsp3) is 0.429. The average molecular weight is 108 g/mol. The number of hydrogen-bond acceptors (Lipinski definition) is 1. The maximum atomic E-state index is 4.10. The first kappa shape index (κ1) is 5.54. The van der Waals surface area contributed by atoms with Crippen LogP contribution < -0.4 is 0 Å². The van der Waals surface area contributed by atoms with Crippen LogP contribution in [0, 0.1) is 6.92 Å². The van der Waals surface area contributed by atoms with Gasteiger partial charge in [0.1, 0.15) is 0 Å². The van der Waals surface area contributed by atoms with Gasteiger partial charge in [0, 0.05) is 12.8 Å². The minimum absolute atomic E-state index is 0.878.